The Morgan fingerprint density at radius 1 is 1.43 bits per heavy atom. The van der Waals surface area contributed by atoms with Gasteiger partial charge in [0.25, 0.3) is 0 Å². The van der Waals surface area contributed by atoms with Crippen molar-refractivity contribution < 1.29 is 0 Å². The zero-order valence-corrected chi connectivity index (χ0v) is 9.77. The van der Waals surface area contributed by atoms with E-state index >= 15 is 0 Å². The van der Waals surface area contributed by atoms with Gasteiger partial charge in [-0.1, -0.05) is 24.6 Å². The molecule has 1 aliphatic rings. The van der Waals surface area contributed by atoms with Crippen molar-refractivity contribution in [3.8, 4) is 0 Å². The first kappa shape index (κ1) is 10.1. The van der Waals surface area contributed by atoms with E-state index in [0.29, 0.717) is 11.2 Å². The van der Waals surface area contributed by atoms with E-state index in [9.17, 15) is 0 Å². The molecule has 0 amide bonds. The van der Waals surface area contributed by atoms with Crippen LogP contribution in [0.3, 0.4) is 0 Å². The monoisotopic (exact) mass is 207 g/mol. The summed E-state index contributed by atoms with van der Waals surface area (Å²) in [5, 5.41) is 0.617. The molecule has 0 saturated heterocycles. The fourth-order valence-electron chi connectivity index (χ4n) is 2.26. The maximum Gasteiger partial charge on any atom is 0.0150 e. The number of hydrogen-bond acceptors (Lipinski definition) is 2. The highest BCUT2D eigenvalue weighted by Gasteiger charge is 2.32. The first-order valence-electron chi connectivity index (χ1n) is 5.12. The Hall–Kier alpha value is -0.470. The molecule has 3 atom stereocenters. The van der Waals surface area contributed by atoms with Gasteiger partial charge in [-0.15, -0.1) is 11.8 Å². The minimum Gasteiger partial charge on any atom is -0.327 e. The smallest absolute Gasteiger partial charge is 0.0150 e. The summed E-state index contributed by atoms with van der Waals surface area (Å²) in [4.78, 5) is 1.43. The summed E-state index contributed by atoms with van der Waals surface area (Å²) in [6.45, 7) is 6.52. The van der Waals surface area contributed by atoms with E-state index in [0.717, 1.165) is 0 Å². The lowest BCUT2D eigenvalue weighted by atomic mass is 9.90. The van der Waals surface area contributed by atoms with E-state index in [1.165, 1.54) is 16.0 Å². The minimum absolute atomic E-state index is 0.251. The van der Waals surface area contributed by atoms with E-state index < -0.39 is 0 Å². The Morgan fingerprint density at radius 3 is 2.79 bits per heavy atom. The third kappa shape index (κ3) is 1.57. The summed E-state index contributed by atoms with van der Waals surface area (Å²) in [6, 6.07) is 6.96. The molecule has 1 aromatic carbocycles. The summed E-state index contributed by atoms with van der Waals surface area (Å²) >= 11 is 1.96. The zero-order chi connectivity index (χ0) is 10.3. The second kappa shape index (κ2) is 3.59. The number of aryl methyl sites for hydroxylation is 1. The van der Waals surface area contributed by atoms with Crippen LogP contribution in [-0.4, -0.2) is 11.3 Å². The minimum atomic E-state index is 0.251. The highest BCUT2D eigenvalue weighted by Crippen LogP contribution is 2.46. The molecule has 1 heterocycles. The third-order valence-corrected chi connectivity index (χ3v) is 4.19. The van der Waals surface area contributed by atoms with Gasteiger partial charge in [0.2, 0.25) is 0 Å². The SMILES string of the molecule is Cc1ccc2c(c1)SC(C)C2C(C)N. The predicted molar refractivity (Wildman–Crippen MR) is 62.9 cm³/mol. The summed E-state index contributed by atoms with van der Waals surface area (Å²) in [5.41, 5.74) is 8.82. The van der Waals surface area contributed by atoms with Crippen molar-refractivity contribution in [2.45, 2.75) is 42.9 Å². The largest absolute Gasteiger partial charge is 0.327 e. The van der Waals surface area contributed by atoms with Crippen molar-refractivity contribution >= 4 is 11.8 Å². The molecule has 1 aromatic rings. The summed E-state index contributed by atoms with van der Waals surface area (Å²) in [6.07, 6.45) is 0. The Morgan fingerprint density at radius 2 is 2.14 bits per heavy atom. The van der Waals surface area contributed by atoms with Gasteiger partial charge >= 0.3 is 0 Å². The van der Waals surface area contributed by atoms with E-state index in [4.69, 9.17) is 5.73 Å². The van der Waals surface area contributed by atoms with Gasteiger partial charge in [-0.2, -0.15) is 0 Å². The molecule has 2 rings (SSSR count). The molecule has 1 aliphatic heterocycles. The Kier molecular flexibility index (Phi) is 2.58. The third-order valence-electron chi connectivity index (χ3n) is 2.91. The summed E-state index contributed by atoms with van der Waals surface area (Å²) in [5.74, 6) is 0.524. The van der Waals surface area contributed by atoms with Crippen molar-refractivity contribution in [3.63, 3.8) is 0 Å². The van der Waals surface area contributed by atoms with Gasteiger partial charge < -0.3 is 5.73 Å². The van der Waals surface area contributed by atoms with Gasteiger partial charge in [0.15, 0.2) is 0 Å². The molecule has 2 heteroatoms. The van der Waals surface area contributed by atoms with Gasteiger partial charge in [-0.25, -0.2) is 0 Å². The molecule has 0 fully saturated rings. The van der Waals surface area contributed by atoms with Crippen molar-refractivity contribution in [2.24, 2.45) is 5.73 Å². The molecule has 0 spiro atoms. The van der Waals surface area contributed by atoms with Gasteiger partial charge in [0.05, 0.1) is 0 Å². The van der Waals surface area contributed by atoms with Gasteiger partial charge in [-0.3, -0.25) is 0 Å². The van der Waals surface area contributed by atoms with E-state index in [-0.39, 0.29) is 6.04 Å². The first-order valence-corrected chi connectivity index (χ1v) is 6.00. The molecule has 1 nitrogen and oxygen atoms in total. The molecule has 0 aromatic heterocycles. The molecule has 0 saturated carbocycles. The second-order valence-corrected chi connectivity index (χ2v) is 5.67. The highest BCUT2D eigenvalue weighted by atomic mass is 32.2. The van der Waals surface area contributed by atoms with Crippen LogP contribution in [0.4, 0.5) is 0 Å². The number of fused-ring (bicyclic) bond motifs is 1. The van der Waals surface area contributed by atoms with Crippen LogP contribution in [0.1, 0.15) is 30.9 Å². The number of nitrogens with two attached hydrogens (primary N) is 1. The fraction of sp³-hybridized carbons (Fsp3) is 0.500. The Labute approximate surface area is 90.1 Å². The Bertz CT molecular complexity index is 346. The lowest BCUT2D eigenvalue weighted by Crippen LogP contribution is -2.28. The molecule has 2 N–H and O–H groups in total. The molecule has 14 heavy (non-hydrogen) atoms. The van der Waals surface area contributed by atoms with E-state index in [2.05, 4.69) is 39.0 Å². The highest BCUT2D eigenvalue weighted by molar-refractivity contribution is 8.00. The van der Waals surface area contributed by atoms with Crippen LogP contribution >= 0.6 is 11.8 Å². The van der Waals surface area contributed by atoms with Crippen LogP contribution in [-0.2, 0) is 0 Å². The molecular weight excluding hydrogens is 190 g/mol. The van der Waals surface area contributed by atoms with Crippen molar-refractivity contribution in [2.75, 3.05) is 0 Å². The molecule has 0 aliphatic carbocycles. The molecule has 0 bridgehead atoms. The lowest BCUT2D eigenvalue weighted by molar-refractivity contribution is 0.568. The maximum atomic E-state index is 6.03. The zero-order valence-electron chi connectivity index (χ0n) is 8.95. The molecule has 76 valence electrons. The number of hydrogen-bond donors (Lipinski definition) is 1. The average molecular weight is 207 g/mol. The van der Waals surface area contributed by atoms with E-state index in [1.54, 1.807) is 0 Å². The maximum absolute atomic E-state index is 6.03. The summed E-state index contributed by atoms with van der Waals surface area (Å²) in [7, 11) is 0. The van der Waals surface area contributed by atoms with Crippen molar-refractivity contribution in [1.29, 1.82) is 0 Å². The molecule has 0 radical (unpaired) electrons. The van der Waals surface area contributed by atoms with Gasteiger partial charge in [0, 0.05) is 22.1 Å². The average Bonchev–Trinajstić information content (AvgIpc) is 2.39. The number of benzene rings is 1. The number of thioether (sulfide) groups is 1. The standard InChI is InChI=1S/C12H17NS/c1-7-4-5-10-11(6-7)14-9(3)12(10)8(2)13/h4-6,8-9,12H,13H2,1-3H3. The Balaban J connectivity index is 2.42. The van der Waals surface area contributed by atoms with Crippen LogP contribution in [0.15, 0.2) is 23.1 Å². The van der Waals surface area contributed by atoms with Crippen LogP contribution in [0, 0.1) is 6.92 Å². The predicted octanol–water partition coefficient (Wildman–Crippen LogP) is 2.92. The number of rotatable bonds is 1. The second-order valence-electron chi connectivity index (χ2n) is 4.25. The van der Waals surface area contributed by atoms with E-state index in [1.807, 2.05) is 11.8 Å². The van der Waals surface area contributed by atoms with Crippen LogP contribution in [0.25, 0.3) is 0 Å². The van der Waals surface area contributed by atoms with Crippen LogP contribution in [0.2, 0.25) is 0 Å². The van der Waals surface area contributed by atoms with Crippen LogP contribution < -0.4 is 5.73 Å². The van der Waals surface area contributed by atoms with Crippen molar-refractivity contribution in [1.82, 2.24) is 0 Å². The molecular formula is C12H17NS. The normalized spacial score (nSPS) is 27.4. The van der Waals surface area contributed by atoms with Crippen molar-refractivity contribution in [3.05, 3.63) is 29.3 Å². The topological polar surface area (TPSA) is 26.0 Å². The van der Waals surface area contributed by atoms with Gasteiger partial charge in [0.1, 0.15) is 0 Å². The summed E-state index contributed by atoms with van der Waals surface area (Å²) < 4.78 is 0. The van der Waals surface area contributed by atoms with Crippen LogP contribution in [0.5, 0.6) is 0 Å². The van der Waals surface area contributed by atoms with Gasteiger partial charge in [-0.05, 0) is 25.5 Å². The molecule has 3 unspecified atom stereocenters. The lowest BCUT2D eigenvalue weighted by Gasteiger charge is -2.19. The fourth-order valence-corrected chi connectivity index (χ4v) is 3.79. The first-order chi connectivity index (χ1) is 6.59. The quantitative estimate of drug-likeness (QED) is 0.766.